The molecule has 0 radical (unpaired) electrons. The van der Waals surface area contributed by atoms with Crippen molar-refractivity contribution in [2.75, 3.05) is 0 Å². The molecule has 0 unspecified atom stereocenters. The molecule has 5 nitrogen and oxygen atoms in total. The fourth-order valence-corrected chi connectivity index (χ4v) is 3.22. The van der Waals surface area contributed by atoms with E-state index in [9.17, 15) is 9.59 Å². The van der Waals surface area contributed by atoms with Gasteiger partial charge in [0, 0.05) is 17.2 Å². The van der Waals surface area contributed by atoms with Crippen LogP contribution in [0, 0.1) is 0 Å². The first kappa shape index (κ1) is 18.0. The lowest BCUT2D eigenvalue weighted by atomic mass is 10.0. The molecular weight excluding hydrogens is 328 g/mol. The number of ether oxygens (including phenoxy) is 1. The summed E-state index contributed by atoms with van der Waals surface area (Å²) in [4.78, 5) is 23.8. The summed E-state index contributed by atoms with van der Waals surface area (Å²) in [6.07, 6.45) is 3.71. The molecule has 1 aliphatic carbocycles. The molecule has 2 aromatic rings. The van der Waals surface area contributed by atoms with Gasteiger partial charge in [0.25, 0.3) is 11.8 Å². The lowest BCUT2D eigenvalue weighted by molar-refractivity contribution is -0.123. The monoisotopic (exact) mass is 352 g/mol. The fourth-order valence-electron chi connectivity index (χ4n) is 3.22. The van der Waals surface area contributed by atoms with Gasteiger partial charge in [-0.05, 0) is 43.5 Å². The minimum absolute atomic E-state index is 0.0531. The maximum atomic E-state index is 12.5. The van der Waals surface area contributed by atoms with Crippen molar-refractivity contribution < 1.29 is 14.3 Å². The van der Waals surface area contributed by atoms with E-state index in [4.69, 9.17) is 10.5 Å². The molecule has 1 aliphatic rings. The van der Waals surface area contributed by atoms with E-state index in [1.807, 2.05) is 42.5 Å². The van der Waals surface area contributed by atoms with E-state index in [2.05, 4.69) is 5.32 Å². The molecule has 0 aliphatic heterocycles. The zero-order chi connectivity index (χ0) is 18.5. The number of para-hydroxylation sites is 1. The van der Waals surface area contributed by atoms with Crippen LogP contribution in [0.1, 0.15) is 43.0 Å². The summed E-state index contributed by atoms with van der Waals surface area (Å²) in [7, 11) is 0. The van der Waals surface area contributed by atoms with Gasteiger partial charge < -0.3 is 15.8 Å². The first-order valence-corrected chi connectivity index (χ1v) is 9.01. The van der Waals surface area contributed by atoms with Gasteiger partial charge in [0.15, 0.2) is 6.10 Å². The van der Waals surface area contributed by atoms with Crippen LogP contribution >= 0.6 is 0 Å². The standard InChI is InChI=1S/C21H24N2O3/c1-14(20(22)24)26-19-12-5-4-11-18(19)15-7-6-8-16(13-15)21(25)23-17-9-2-3-10-17/h4-8,11-14,17H,2-3,9-10H2,1H3,(H2,22,24)(H,23,25)/t14-/m1/s1. The topological polar surface area (TPSA) is 81.4 Å². The van der Waals surface area contributed by atoms with Crippen LogP contribution in [-0.4, -0.2) is 24.0 Å². The van der Waals surface area contributed by atoms with Crippen LogP contribution in [0.3, 0.4) is 0 Å². The van der Waals surface area contributed by atoms with E-state index in [0.717, 1.165) is 24.0 Å². The van der Waals surface area contributed by atoms with Crippen LogP contribution in [0.5, 0.6) is 5.75 Å². The van der Waals surface area contributed by atoms with E-state index in [-0.39, 0.29) is 11.9 Å². The van der Waals surface area contributed by atoms with Crippen molar-refractivity contribution in [1.29, 1.82) is 0 Å². The highest BCUT2D eigenvalue weighted by Crippen LogP contribution is 2.31. The maximum absolute atomic E-state index is 12.5. The van der Waals surface area contributed by atoms with Crippen LogP contribution in [0.25, 0.3) is 11.1 Å². The van der Waals surface area contributed by atoms with Crippen molar-refractivity contribution in [3.8, 4) is 16.9 Å². The average Bonchev–Trinajstić information content (AvgIpc) is 3.15. The number of amides is 2. The third-order valence-electron chi connectivity index (χ3n) is 4.72. The summed E-state index contributed by atoms with van der Waals surface area (Å²) in [5.74, 6) is -0.0145. The number of nitrogens with two attached hydrogens (primary N) is 1. The highest BCUT2D eigenvalue weighted by molar-refractivity contribution is 5.96. The number of hydrogen-bond donors (Lipinski definition) is 2. The number of rotatable bonds is 6. The normalized spacial score (nSPS) is 15.4. The number of benzene rings is 2. The summed E-state index contributed by atoms with van der Waals surface area (Å²) < 4.78 is 5.69. The van der Waals surface area contributed by atoms with Crippen LogP contribution in [0.15, 0.2) is 48.5 Å². The highest BCUT2D eigenvalue weighted by atomic mass is 16.5. The van der Waals surface area contributed by atoms with Crippen molar-refractivity contribution in [2.45, 2.75) is 44.8 Å². The van der Waals surface area contributed by atoms with Crippen LogP contribution in [0.4, 0.5) is 0 Å². The molecule has 2 aromatic carbocycles. The van der Waals surface area contributed by atoms with E-state index in [1.54, 1.807) is 13.0 Å². The molecule has 2 amide bonds. The Morgan fingerprint density at radius 3 is 2.58 bits per heavy atom. The van der Waals surface area contributed by atoms with Crippen molar-refractivity contribution in [3.63, 3.8) is 0 Å². The van der Waals surface area contributed by atoms with Gasteiger partial charge >= 0.3 is 0 Å². The van der Waals surface area contributed by atoms with Gasteiger partial charge in [0.1, 0.15) is 5.75 Å². The summed E-state index contributed by atoms with van der Waals surface area (Å²) in [5.41, 5.74) is 7.59. The van der Waals surface area contributed by atoms with Crippen molar-refractivity contribution >= 4 is 11.8 Å². The molecule has 0 aromatic heterocycles. The smallest absolute Gasteiger partial charge is 0.258 e. The first-order valence-electron chi connectivity index (χ1n) is 9.01. The molecule has 3 N–H and O–H groups in total. The third-order valence-corrected chi connectivity index (χ3v) is 4.72. The minimum Gasteiger partial charge on any atom is -0.480 e. The summed E-state index contributed by atoms with van der Waals surface area (Å²) >= 11 is 0. The summed E-state index contributed by atoms with van der Waals surface area (Å²) in [6, 6.07) is 15.1. The molecule has 5 heteroatoms. The number of primary amides is 1. The Labute approximate surface area is 153 Å². The predicted molar refractivity (Wildman–Crippen MR) is 101 cm³/mol. The maximum Gasteiger partial charge on any atom is 0.258 e. The van der Waals surface area contributed by atoms with Gasteiger partial charge in [0.05, 0.1) is 0 Å². The predicted octanol–water partition coefficient (Wildman–Crippen LogP) is 3.28. The minimum atomic E-state index is -0.731. The molecule has 1 fully saturated rings. The number of hydrogen-bond acceptors (Lipinski definition) is 3. The Kier molecular flexibility index (Phi) is 5.56. The van der Waals surface area contributed by atoms with Gasteiger partial charge in [0.2, 0.25) is 0 Å². The number of nitrogens with one attached hydrogen (secondary N) is 1. The average molecular weight is 352 g/mol. The second-order valence-corrected chi connectivity index (χ2v) is 6.69. The van der Waals surface area contributed by atoms with Gasteiger partial charge in [-0.2, -0.15) is 0 Å². The zero-order valence-corrected chi connectivity index (χ0v) is 14.9. The van der Waals surface area contributed by atoms with E-state index in [0.29, 0.717) is 11.3 Å². The summed E-state index contributed by atoms with van der Waals surface area (Å²) in [6.45, 7) is 1.62. The van der Waals surface area contributed by atoms with E-state index < -0.39 is 12.0 Å². The quantitative estimate of drug-likeness (QED) is 0.837. The molecule has 1 saturated carbocycles. The van der Waals surface area contributed by atoms with Crippen molar-refractivity contribution in [1.82, 2.24) is 5.32 Å². The lowest BCUT2D eigenvalue weighted by Gasteiger charge is -2.16. The van der Waals surface area contributed by atoms with E-state index in [1.165, 1.54) is 12.8 Å². The lowest BCUT2D eigenvalue weighted by Crippen LogP contribution is -2.32. The third kappa shape index (κ3) is 4.23. The SMILES string of the molecule is C[C@@H](Oc1ccccc1-c1cccc(C(=O)NC2CCCC2)c1)C(N)=O. The molecule has 0 saturated heterocycles. The van der Waals surface area contributed by atoms with Crippen LogP contribution in [-0.2, 0) is 4.79 Å². The van der Waals surface area contributed by atoms with Crippen LogP contribution < -0.4 is 15.8 Å². The number of carbonyl (C=O) groups excluding carboxylic acids is 2. The number of carbonyl (C=O) groups is 2. The molecule has 0 spiro atoms. The first-order chi connectivity index (χ1) is 12.5. The molecule has 3 rings (SSSR count). The summed E-state index contributed by atoms with van der Waals surface area (Å²) in [5, 5.41) is 3.10. The fraction of sp³-hybridized carbons (Fsp3) is 0.333. The highest BCUT2D eigenvalue weighted by Gasteiger charge is 2.19. The zero-order valence-electron chi connectivity index (χ0n) is 14.9. The molecule has 136 valence electrons. The van der Waals surface area contributed by atoms with Gasteiger partial charge in [-0.15, -0.1) is 0 Å². The second kappa shape index (κ2) is 8.04. The Morgan fingerprint density at radius 1 is 1.12 bits per heavy atom. The molecule has 0 bridgehead atoms. The molecule has 26 heavy (non-hydrogen) atoms. The largest absolute Gasteiger partial charge is 0.480 e. The van der Waals surface area contributed by atoms with E-state index >= 15 is 0 Å². The van der Waals surface area contributed by atoms with Crippen LogP contribution in [0.2, 0.25) is 0 Å². The Bertz CT molecular complexity index is 797. The molecular formula is C21H24N2O3. The van der Waals surface area contributed by atoms with Crippen molar-refractivity contribution in [2.24, 2.45) is 5.73 Å². The Morgan fingerprint density at radius 2 is 1.85 bits per heavy atom. The van der Waals surface area contributed by atoms with Crippen molar-refractivity contribution in [3.05, 3.63) is 54.1 Å². The molecule has 1 atom stereocenters. The van der Waals surface area contributed by atoms with Gasteiger partial charge in [-0.3, -0.25) is 9.59 Å². The molecule has 0 heterocycles. The Balaban J connectivity index is 1.83. The Hall–Kier alpha value is -2.82. The van der Waals surface area contributed by atoms with Gasteiger partial charge in [-0.25, -0.2) is 0 Å². The van der Waals surface area contributed by atoms with Gasteiger partial charge in [-0.1, -0.05) is 43.2 Å². The second-order valence-electron chi connectivity index (χ2n) is 6.69.